The van der Waals surface area contributed by atoms with E-state index in [4.69, 9.17) is 5.21 Å². The predicted octanol–water partition coefficient (Wildman–Crippen LogP) is 3.63. The van der Waals surface area contributed by atoms with E-state index in [9.17, 15) is 26.4 Å². The fraction of sp³-hybridized carbons (Fsp3) is 0.368. The van der Waals surface area contributed by atoms with Gasteiger partial charge in [-0.05, 0) is 49.2 Å². The van der Waals surface area contributed by atoms with Crippen LogP contribution in [-0.2, 0) is 14.8 Å². The summed E-state index contributed by atoms with van der Waals surface area (Å²) in [5, 5.41) is 8.46. The molecule has 1 aromatic heterocycles. The molecule has 0 radical (unpaired) electrons. The lowest BCUT2D eigenvalue weighted by atomic mass is 10.1. The lowest BCUT2D eigenvalue weighted by Crippen LogP contribution is -2.32. The highest BCUT2D eigenvalue weighted by Crippen LogP contribution is 2.27. The number of carbonyl (C=O) groups is 1. The molecular weight excluding hydrogens is 439 g/mol. The van der Waals surface area contributed by atoms with Crippen molar-refractivity contribution < 1.29 is 36.3 Å². The highest BCUT2D eigenvalue weighted by atomic mass is 32.2. The van der Waals surface area contributed by atoms with Crippen LogP contribution in [0.3, 0.4) is 0 Å². The first kappa shape index (κ1) is 24.4. The molecule has 170 valence electrons. The maximum Gasteiger partial charge on any atom is 0.573 e. The molecule has 0 saturated carbocycles. The number of hydroxylamine groups is 1. The summed E-state index contributed by atoms with van der Waals surface area (Å²) in [7, 11) is -4.09. The quantitative estimate of drug-likeness (QED) is 0.301. The number of halogens is 3. The highest BCUT2D eigenvalue weighted by Gasteiger charge is 2.31. The number of rotatable bonds is 11. The van der Waals surface area contributed by atoms with E-state index in [2.05, 4.69) is 9.72 Å². The van der Waals surface area contributed by atoms with E-state index in [1.165, 1.54) is 12.3 Å². The van der Waals surface area contributed by atoms with Gasteiger partial charge < -0.3 is 4.74 Å². The number of ether oxygens (including phenoxy) is 1. The number of nitrogens with one attached hydrogen (secondary N) is 1. The summed E-state index contributed by atoms with van der Waals surface area (Å²) in [5.74, 6) is -0.837. The standard InChI is InChI=1S/C19H22F3N3O5S/c20-19(21,22)30-15-9-11-16(12-10-15)31(28,29)25(17-7-4-5-13-23-17)14-6-2-1-3-8-18(26)24-27/h4-5,7,9-13,27H,1-3,6,8,14H2,(H,24,26). The Kier molecular flexibility index (Phi) is 8.63. The van der Waals surface area contributed by atoms with Gasteiger partial charge >= 0.3 is 6.36 Å². The number of hydrogen-bond acceptors (Lipinski definition) is 6. The number of sulfonamides is 1. The molecule has 1 heterocycles. The molecular formula is C19H22F3N3O5S. The third-order valence-electron chi connectivity index (χ3n) is 4.19. The van der Waals surface area contributed by atoms with Gasteiger partial charge in [-0.2, -0.15) is 0 Å². The molecule has 2 rings (SSSR count). The largest absolute Gasteiger partial charge is 0.573 e. The number of hydrogen-bond donors (Lipinski definition) is 2. The fourth-order valence-corrected chi connectivity index (χ4v) is 4.21. The number of amides is 1. The number of nitrogens with zero attached hydrogens (tertiary/aromatic N) is 2. The van der Waals surface area contributed by atoms with Crippen LogP contribution >= 0.6 is 0 Å². The highest BCUT2D eigenvalue weighted by molar-refractivity contribution is 7.92. The van der Waals surface area contributed by atoms with E-state index in [1.807, 2.05) is 0 Å². The van der Waals surface area contributed by atoms with E-state index >= 15 is 0 Å². The minimum absolute atomic E-state index is 0.0896. The molecule has 12 heteroatoms. The van der Waals surface area contributed by atoms with Crippen molar-refractivity contribution in [3.63, 3.8) is 0 Å². The smallest absolute Gasteiger partial charge is 0.406 e. The Labute approximate surface area is 177 Å². The Balaban J connectivity index is 2.11. The summed E-state index contributed by atoms with van der Waals surface area (Å²) in [6, 6.07) is 8.72. The number of alkyl halides is 3. The number of benzene rings is 1. The average molecular weight is 461 g/mol. The minimum atomic E-state index is -4.88. The zero-order valence-electron chi connectivity index (χ0n) is 16.4. The second-order valence-electron chi connectivity index (χ2n) is 6.48. The molecule has 0 saturated heterocycles. The van der Waals surface area contributed by atoms with Crippen molar-refractivity contribution in [3.8, 4) is 5.75 Å². The van der Waals surface area contributed by atoms with E-state index < -0.39 is 28.0 Å². The van der Waals surface area contributed by atoms with Crippen LogP contribution in [0.25, 0.3) is 0 Å². The number of unbranched alkanes of at least 4 members (excludes halogenated alkanes) is 3. The first-order chi connectivity index (χ1) is 14.6. The van der Waals surface area contributed by atoms with Crippen molar-refractivity contribution >= 4 is 21.7 Å². The van der Waals surface area contributed by atoms with Gasteiger partial charge in [-0.15, -0.1) is 13.2 Å². The van der Waals surface area contributed by atoms with Crippen LogP contribution in [0.15, 0.2) is 53.6 Å². The zero-order chi connectivity index (χ0) is 22.9. The molecule has 0 aliphatic rings. The molecule has 0 unspecified atom stereocenters. The first-order valence-corrected chi connectivity index (χ1v) is 10.8. The number of aromatic nitrogens is 1. The van der Waals surface area contributed by atoms with Crippen molar-refractivity contribution in [1.29, 1.82) is 0 Å². The normalized spacial score (nSPS) is 11.7. The maximum atomic E-state index is 13.1. The molecule has 0 bridgehead atoms. The molecule has 0 aliphatic carbocycles. The van der Waals surface area contributed by atoms with Crippen molar-refractivity contribution in [1.82, 2.24) is 10.5 Å². The van der Waals surface area contributed by atoms with Gasteiger partial charge in [0.1, 0.15) is 11.6 Å². The molecule has 2 aromatic rings. The van der Waals surface area contributed by atoms with E-state index in [0.717, 1.165) is 28.6 Å². The van der Waals surface area contributed by atoms with Gasteiger partial charge in [0.25, 0.3) is 10.0 Å². The number of pyridine rings is 1. The average Bonchev–Trinajstić information content (AvgIpc) is 2.72. The lowest BCUT2D eigenvalue weighted by Gasteiger charge is -2.23. The second-order valence-corrected chi connectivity index (χ2v) is 8.35. The van der Waals surface area contributed by atoms with Crippen LogP contribution in [-0.4, -0.2) is 37.4 Å². The molecule has 0 atom stereocenters. The summed E-state index contributed by atoms with van der Waals surface area (Å²) >= 11 is 0. The van der Waals surface area contributed by atoms with Gasteiger partial charge in [-0.1, -0.05) is 18.9 Å². The Morgan fingerprint density at radius 3 is 2.32 bits per heavy atom. The summed E-state index contributed by atoms with van der Waals surface area (Å²) in [5.41, 5.74) is 1.54. The molecule has 0 spiro atoms. The second kappa shape index (κ2) is 11.0. The van der Waals surface area contributed by atoms with Crippen LogP contribution in [0.4, 0.5) is 19.0 Å². The monoisotopic (exact) mass is 461 g/mol. The summed E-state index contributed by atoms with van der Waals surface area (Å²) in [4.78, 5) is 14.9. The third kappa shape index (κ3) is 7.72. The van der Waals surface area contributed by atoms with Crippen LogP contribution < -0.4 is 14.5 Å². The first-order valence-electron chi connectivity index (χ1n) is 9.36. The van der Waals surface area contributed by atoms with E-state index in [-0.39, 0.29) is 23.7 Å². The van der Waals surface area contributed by atoms with E-state index in [0.29, 0.717) is 25.7 Å². The zero-order valence-corrected chi connectivity index (χ0v) is 17.2. The SMILES string of the molecule is O=C(CCCCCCN(c1ccccn1)S(=O)(=O)c1ccc(OC(F)(F)F)cc1)NO. The van der Waals surface area contributed by atoms with Crippen LogP contribution in [0.5, 0.6) is 5.75 Å². The van der Waals surface area contributed by atoms with Crippen LogP contribution in [0.1, 0.15) is 32.1 Å². The number of anilines is 1. The van der Waals surface area contributed by atoms with Gasteiger partial charge in [0.2, 0.25) is 5.91 Å². The van der Waals surface area contributed by atoms with Gasteiger partial charge in [0.15, 0.2) is 0 Å². The fourth-order valence-electron chi connectivity index (χ4n) is 2.75. The molecule has 1 amide bonds. The third-order valence-corrected chi connectivity index (χ3v) is 6.01. The minimum Gasteiger partial charge on any atom is -0.406 e. The summed E-state index contributed by atoms with van der Waals surface area (Å²) in [6.07, 6.45) is -1.02. The Morgan fingerprint density at radius 1 is 1.06 bits per heavy atom. The molecule has 0 aliphatic heterocycles. The van der Waals surface area contributed by atoms with Gasteiger partial charge in [0.05, 0.1) is 4.90 Å². The van der Waals surface area contributed by atoms with E-state index in [1.54, 1.807) is 17.6 Å². The van der Waals surface area contributed by atoms with Crippen LogP contribution in [0, 0.1) is 0 Å². The topological polar surface area (TPSA) is 109 Å². The van der Waals surface area contributed by atoms with Gasteiger partial charge in [-0.3, -0.25) is 10.0 Å². The van der Waals surface area contributed by atoms with Crippen molar-refractivity contribution in [2.75, 3.05) is 10.8 Å². The van der Waals surface area contributed by atoms with Gasteiger partial charge in [0, 0.05) is 19.2 Å². The molecule has 8 nitrogen and oxygen atoms in total. The Bertz CT molecular complexity index is 939. The summed E-state index contributed by atoms with van der Waals surface area (Å²) < 4.78 is 68.1. The lowest BCUT2D eigenvalue weighted by molar-refractivity contribution is -0.274. The van der Waals surface area contributed by atoms with Crippen LogP contribution in [0.2, 0.25) is 0 Å². The predicted molar refractivity (Wildman–Crippen MR) is 105 cm³/mol. The molecule has 2 N–H and O–H groups in total. The number of carbonyl (C=O) groups excluding carboxylic acids is 1. The Hall–Kier alpha value is -2.86. The van der Waals surface area contributed by atoms with Crippen molar-refractivity contribution in [2.45, 2.75) is 43.4 Å². The molecule has 31 heavy (non-hydrogen) atoms. The molecule has 0 fully saturated rings. The maximum absolute atomic E-state index is 13.1. The summed E-state index contributed by atoms with van der Waals surface area (Å²) in [6.45, 7) is 0.0896. The van der Waals surface area contributed by atoms with Crippen molar-refractivity contribution in [2.24, 2.45) is 0 Å². The Morgan fingerprint density at radius 2 is 1.74 bits per heavy atom. The van der Waals surface area contributed by atoms with Crippen molar-refractivity contribution in [3.05, 3.63) is 48.7 Å². The molecule has 1 aromatic carbocycles. The van der Waals surface area contributed by atoms with Gasteiger partial charge in [-0.25, -0.2) is 23.2 Å².